The van der Waals surface area contributed by atoms with Gasteiger partial charge in [0.25, 0.3) is 5.91 Å². The third kappa shape index (κ3) is 2.33. The largest absolute Gasteiger partial charge is 0.377 e. The van der Waals surface area contributed by atoms with E-state index in [1.54, 1.807) is 0 Å². The Kier molecular flexibility index (Phi) is 3.29. The maximum absolute atomic E-state index is 12.8. The van der Waals surface area contributed by atoms with Crippen LogP contribution in [0, 0.1) is 13.8 Å². The van der Waals surface area contributed by atoms with E-state index in [9.17, 15) is 4.79 Å². The first-order chi connectivity index (χ1) is 9.90. The lowest BCUT2D eigenvalue weighted by Crippen LogP contribution is -2.55. The number of nitrogens with zero attached hydrogens (tertiary/aromatic N) is 1. The van der Waals surface area contributed by atoms with E-state index in [0.29, 0.717) is 19.8 Å². The molecule has 4 nitrogen and oxygen atoms in total. The van der Waals surface area contributed by atoms with Crippen LogP contribution in [0.25, 0.3) is 10.9 Å². The first kappa shape index (κ1) is 14.1. The molecule has 1 aromatic carbocycles. The fourth-order valence-electron chi connectivity index (χ4n) is 2.98. The molecule has 1 aliphatic rings. The maximum atomic E-state index is 12.8. The maximum Gasteiger partial charge on any atom is 0.254 e. The van der Waals surface area contributed by atoms with Crippen molar-refractivity contribution in [2.75, 3.05) is 19.8 Å². The summed E-state index contributed by atoms with van der Waals surface area (Å²) in [4.78, 5) is 18.1. The Balaban J connectivity index is 1.99. The van der Waals surface area contributed by atoms with Gasteiger partial charge in [-0.3, -0.25) is 4.79 Å². The Hall–Kier alpha value is -1.81. The molecule has 1 amide bonds. The summed E-state index contributed by atoms with van der Waals surface area (Å²) in [6.07, 6.45) is 0. The summed E-state index contributed by atoms with van der Waals surface area (Å²) in [5.74, 6) is 0.0865. The summed E-state index contributed by atoms with van der Waals surface area (Å²) in [6.45, 7) is 10.1. The van der Waals surface area contributed by atoms with E-state index < -0.39 is 0 Å². The van der Waals surface area contributed by atoms with E-state index in [-0.39, 0.29) is 11.4 Å². The van der Waals surface area contributed by atoms with Crippen LogP contribution in [0.15, 0.2) is 18.2 Å². The highest BCUT2D eigenvalue weighted by Gasteiger charge is 2.34. The number of ether oxygens (including phenoxy) is 1. The minimum absolute atomic E-state index is 0.0865. The van der Waals surface area contributed by atoms with Crippen molar-refractivity contribution in [3.8, 4) is 0 Å². The van der Waals surface area contributed by atoms with Crippen LogP contribution >= 0.6 is 0 Å². The predicted molar refractivity (Wildman–Crippen MR) is 83.7 cm³/mol. The molecule has 1 saturated heterocycles. The molecule has 0 atom stereocenters. The molecule has 1 aliphatic heterocycles. The van der Waals surface area contributed by atoms with Crippen LogP contribution in [0.5, 0.6) is 0 Å². The Bertz CT molecular complexity index is 700. The Morgan fingerprint density at radius 2 is 2.10 bits per heavy atom. The molecular weight excluding hydrogens is 264 g/mol. The van der Waals surface area contributed by atoms with Crippen molar-refractivity contribution in [3.63, 3.8) is 0 Å². The molecule has 112 valence electrons. The number of H-pyrrole nitrogens is 1. The van der Waals surface area contributed by atoms with Gasteiger partial charge >= 0.3 is 0 Å². The molecule has 3 rings (SSSR count). The Labute approximate surface area is 125 Å². The normalized spacial score (nSPS) is 18.2. The van der Waals surface area contributed by atoms with Gasteiger partial charge in [0.05, 0.1) is 18.8 Å². The average Bonchev–Trinajstić information content (AvgIpc) is 2.73. The quantitative estimate of drug-likeness (QED) is 0.876. The van der Waals surface area contributed by atoms with Crippen LogP contribution in [0.4, 0.5) is 0 Å². The summed E-state index contributed by atoms with van der Waals surface area (Å²) in [5, 5.41) is 1.13. The SMILES string of the molecule is Cc1[nH]c2ccc(C(=O)N3CCOCC3(C)C)cc2c1C. The van der Waals surface area contributed by atoms with Gasteiger partial charge in [0, 0.05) is 28.7 Å². The lowest BCUT2D eigenvalue weighted by Gasteiger charge is -2.42. The Morgan fingerprint density at radius 3 is 2.81 bits per heavy atom. The fraction of sp³-hybridized carbons (Fsp3) is 0.471. The zero-order valence-corrected chi connectivity index (χ0v) is 13.1. The van der Waals surface area contributed by atoms with Crippen molar-refractivity contribution < 1.29 is 9.53 Å². The first-order valence-corrected chi connectivity index (χ1v) is 7.39. The Morgan fingerprint density at radius 1 is 1.33 bits per heavy atom. The number of morpholine rings is 1. The van der Waals surface area contributed by atoms with Crippen LogP contribution in [0.1, 0.15) is 35.5 Å². The highest BCUT2D eigenvalue weighted by Crippen LogP contribution is 2.26. The van der Waals surface area contributed by atoms with Crippen LogP contribution in [0.3, 0.4) is 0 Å². The van der Waals surface area contributed by atoms with Gasteiger partial charge in [-0.05, 0) is 51.5 Å². The average molecular weight is 286 g/mol. The molecule has 1 N–H and O–H groups in total. The topological polar surface area (TPSA) is 45.3 Å². The number of aromatic amines is 1. The zero-order valence-electron chi connectivity index (χ0n) is 13.1. The van der Waals surface area contributed by atoms with Gasteiger partial charge in [-0.1, -0.05) is 0 Å². The van der Waals surface area contributed by atoms with Gasteiger partial charge in [0.2, 0.25) is 0 Å². The number of nitrogens with one attached hydrogen (secondary N) is 1. The van der Waals surface area contributed by atoms with Crippen molar-refractivity contribution in [2.24, 2.45) is 0 Å². The van der Waals surface area contributed by atoms with Crippen molar-refractivity contribution >= 4 is 16.8 Å². The number of aryl methyl sites for hydroxylation is 2. The second-order valence-electron chi connectivity index (χ2n) is 6.46. The lowest BCUT2D eigenvalue weighted by atomic mass is 10.00. The van der Waals surface area contributed by atoms with Crippen molar-refractivity contribution in [1.29, 1.82) is 0 Å². The third-order valence-electron chi connectivity index (χ3n) is 4.45. The van der Waals surface area contributed by atoms with Crippen LogP contribution in [-0.4, -0.2) is 41.1 Å². The number of carbonyl (C=O) groups excluding carboxylic acids is 1. The number of hydrogen-bond donors (Lipinski definition) is 1. The minimum atomic E-state index is -0.257. The number of hydrogen-bond acceptors (Lipinski definition) is 2. The number of aromatic nitrogens is 1. The standard InChI is InChI=1S/C17H22N2O2/c1-11-12(2)18-15-6-5-13(9-14(11)15)16(20)19-7-8-21-10-17(19,3)4/h5-6,9,18H,7-8,10H2,1-4H3. The monoisotopic (exact) mass is 286 g/mol. The van der Waals surface area contributed by atoms with Gasteiger partial charge in [0.1, 0.15) is 0 Å². The molecule has 0 bridgehead atoms. The van der Waals surface area contributed by atoms with Gasteiger partial charge < -0.3 is 14.6 Å². The number of fused-ring (bicyclic) bond motifs is 1. The van der Waals surface area contributed by atoms with E-state index in [0.717, 1.165) is 22.2 Å². The summed E-state index contributed by atoms with van der Waals surface area (Å²) in [7, 11) is 0. The van der Waals surface area contributed by atoms with E-state index in [4.69, 9.17) is 4.74 Å². The molecular formula is C17H22N2O2. The summed E-state index contributed by atoms with van der Waals surface area (Å²) in [6, 6.07) is 5.91. The first-order valence-electron chi connectivity index (χ1n) is 7.39. The molecule has 2 aromatic rings. The second-order valence-corrected chi connectivity index (χ2v) is 6.46. The van der Waals surface area contributed by atoms with E-state index in [1.807, 2.05) is 36.9 Å². The molecule has 0 radical (unpaired) electrons. The molecule has 0 aliphatic carbocycles. The number of benzene rings is 1. The van der Waals surface area contributed by atoms with Crippen molar-refractivity contribution in [1.82, 2.24) is 9.88 Å². The van der Waals surface area contributed by atoms with Crippen molar-refractivity contribution in [3.05, 3.63) is 35.0 Å². The summed E-state index contributed by atoms with van der Waals surface area (Å²) in [5.41, 5.74) is 3.94. The minimum Gasteiger partial charge on any atom is -0.377 e. The van der Waals surface area contributed by atoms with Crippen LogP contribution in [0.2, 0.25) is 0 Å². The predicted octanol–water partition coefficient (Wildman–Crippen LogP) is 3.04. The smallest absolute Gasteiger partial charge is 0.254 e. The second kappa shape index (κ2) is 4.88. The molecule has 0 unspecified atom stereocenters. The molecule has 0 spiro atoms. The van der Waals surface area contributed by atoms with E-state index >= 15 is 0 Å². The van der Waals surface area contributed by atoms with Crippen molar-refractivity contribution in [2.45, 2.75) is 33.2 Å². The molecule has 1 aromatic heterocycles. The molecule has 2 heterocycles. The number of amides is 1. The third-order valence-corrected chi connectivity index (χ3v) is 4.45. The number of rotatable bonds is 1. The summed E-state index contributed by atoms with van der Waals surface area (Å²) >= 11 is 0. The van der Waals surface area contributed by atoms with Gasteiger partial charge in [0.15, 0.2) is 0 Å². The van der Waals surface area contributed by atoms with Crippen LogP contribution in [-0.2, 0) is 4.74 Å². The molecule has 1 fully saturated rings. The number of carbonyl (C=O) groups is 1. The molecule has 4 heteroatoms. The van der Waals surface area contributed by atoms with Crippen LogP contribution < -0.4 is 0 Å². The van der Waals surface area contributed by atoms with Gasteiger partial charge in [-0.15, -0.1) is 0 Å². The zero-order chi connectivity index (χ0) is 15.2. The highest BCUT2D eigenvalue weighted by molar-refractivity contribution is 5.99. The van der Waals surface area contributed by atoms with Gasteiger partial charge in [-0.2, -0.15) is 0 Å². The van der Waals surface area contributed by atoms with Gasteiger partial charge in [-0.25, -0.2) is 0 Å². The molecule has 21 heavy (non-hydrogen) atoms. The summed E-state index contributed by atoms with van der Waals surface area (Å²) < 4.78 is 5.49. The van der Waals surface area contributed by atoms with E-state index in [1.165, 1.54) is 5.56 Å². The highest BCUT2D eigenvalue weighted by atomic mass is 16.5. The van der Waals surface area contributed by atoms with E-state index in [2.05, 4.69) is 18.8 Å². The molecule has 0 saturated carbocycles. The lowest BCUT2D eigenvalue weighted by molar-refractivity contribution is -0.0370. The fourth-order valence-corrected chi connectivity index (χ4v) is 2.98.